The molecule has 2 aromatic carbocycles. The smallest absolute Gasteiger partial charge is 0.284 e. The van der Waals surface area contributed by atoms with Crippen LogP contribution in [-0.4, -0.2) is 20.6 Å². The molecule has 0 aliphatic carbocycles. The fraction of sp³-hybridized carbons (Fsp3) is 0.0625. The van der Waals surface area contributed by atoms with Gasteiger partial charge in [0.15, 0.2) is 5.34 Å². The molecule has 2 rings (SSSR count). The largest absolute Gasteiger partial charge is 0.369 e. The zero-order valence-corrected chi connectivity index (χ0v) is 13.5. The van der Waals surface area contributed by atoms with Gasteiger partial charge in [0.1, 0.15) is 0 Å². The van der Waals surface area contributed by atoms with E-state index in [-0.39, 0.29) is 5.57 Å². The number of carbonyl (C=O) groups is 1. The van der Waals surface area contributed by atoms with Crippen molar-refractivity contribution >= 4 is 33.3 Å². The molecule has 0 aromatic heterocycles. The lowest BCUT2D eigenvalue weighted by Crippen LogP contribution is -2.09. The summed E-state index contributed by atoms with van der Waals surface area (Å²) in [7, 11) is -3.36. The highest BCUT2D eigenvalue weighted by molar-refractivity contribution is 7.92. The van der Waals surface area contributed by atoms with Crippen molar-refractivity contribution in [2.24, 2.45) is 5.34 Å². The molecule has 0 spiro atoms. The molecule has 0 saturated heterocycles. The monoisotopic (exact) mass is 346 g/mol. The zero-order valence-electron chi connectivity index (χ0n) is 12.7. The number of rotatable bonds is 6. The summed E-state index contributed by atoms with van der Waals surface area (Å²) in [6, 6.07) is 15.0. The molecular formula is C16H14N2O5S. The van der Waals surface area contributed by atoms with E-state index in [4.69, 9.17) is 0 Å². The zero-order chi connectivity index (χ0) is 17.6. The van der Waals surface area contributed by atoms with Crippen LogP contribution in [0.2, 0.25) is 0 Å². The second-order valence-corrected chi connectivity index (χ2v) is 6.62. The van der Waals surface area contributed by atoms with Crippen LogP contribution in [-0.2, 0) is 19.7 Å². The maximum absolute atomic E-state index is 11.9. The van der Waals surface area contributed by atoms with Gasteiger partial charge in [-0.3, -0.25) is 9.56 Å². The third-order valence-corrected chi connectivity index (χ3v) is 3.56. The van der Waals surface area contributed by atoms with Crippen molar-refractivity contribution in [1.82, 2.24) is 0 Å². The molecule has 0 saturated carbocycles. The van der Waals surface area contributed by atoms with Crippen molar-refractivity contribution in [3.05, 3.63) is 70.6 Å². The van der Waals surface area contributed by atoms with Crippen LogP contribution in [0, 0.1) is 4.91 Å². The number of hydrogen-bond acceptors (Lipinski definition) is 6. The van der Waals surface area contributed by atoms with Crippen LogP contribution in [0.4, 0.5) is 5.69 Å². The molecule has 0 heterocycles. The third-order valence-electron chi connectivity index (χ3n) is 2.95. The van der Waals surface area contributed by atoms with E-state index in [1.165, 1.54) is 6.08 Å². The quantitative estimate of drug-likeness (QED) is 0.375. The van der Waals surface area contributed by atoms with Crippen molar-refractivity contribution in [3.63, 3.8) is 0 Å². The molecule has 0 atom stereocenters. The van der Waals surface area contributed by atoms with Crippen LogP contribution in [0.25, 0.3) is 11.6 Å². The Morgan fingerprint density at radius 2 is 1.71 bits per heavy atom. The molecule has 0 amide bonds. The summed E-state index contributed by atoms with van der Waals surface area (Å²) < 4.78 is 24.7. The Balaban J connectivity index is 2.36. The van der Waals surface area contributed by atoms with E-state index in [2.05, 4.69) is 14.9 Å². The third kappa shape index (κ3) is 5.03. The maximum atomic E-state index is 11.9. The first-order chi connectivity index (χ1) is 11.4. The normalized spacial score (nSPS) is 11.6. The van der Waals surface area contributed by atoms with E-state index in [9.17, 15) is 18.1 Å². The number of carbonyl (C=O) groups excluding carboxylic acids is 1. The SMILES string of the molecule is CS(=O)(=O)Nc1ccc(C=C(C(=O)ON=O)c2ccccc2)cc1. The van der Waals surface area contributed by atoms with Gasteiger partial charge >= 0.3 is 5.97 Å². The van der Waals surface area contributed by atoms with Gasteiger partial charge in [-0.2, -0.15) is 0 Å². The molecule has 0 aliphatic heterocycles. The molecular weight excluding hydrogens is 332 g/mol. The number of hydrogen-bond donors (Lipinski definition) is 1. The van der Waals surface area contributed by atoms with E-state index < -0.39 is 16.0 Å². The summed E-state index contributed by atoms with van der Waals surface area (Å²) in [6.07, 6.45) is 2.57. The van der Waals surface area contributed by atoms with Crippen LogP contribution in [0.1, 0.15) is 11.1 Å². The van der Waals surface area contributed by atoms with E-state index in [1.807, 2.05) is 0 Å². The van der Waals surface area contributed by atoms with E-state index in [1.54, 1.807) is 54.6 Å². The lowest BCUT2D eigenvalue weighted by Gasteiger charge is -2.06. The second kappa shape index (κ2) is 7.51. The van der Waals surface area contributed by atoms with Gasteiger partial charge in [0.2, 0.25) is 10.0 Å². The highest BCUT2D eigenvalue weighted by Crippen LogP contribution is 2.21. The molecule has 124 valence electrons. The number of nitrogens with zero attached hydrogens (tertiary/aromatic N) is 1. The fourth-order valence-corrected chi connectivity index (χ4v) is 2.55. The standard InChI is InChI=1S/C16H14N2O5S/c1-24(21,22)17-14-9-7-12(8-10-14)11-15(16(19)23-18-20)13-5-3-2-4-6-13/h2-11,17H,1H3. The highest BCUT2D eigenvalue weighted by Gasteiger charge is 2.14. The Morgan fingerprint density at radius 3 is 2.25 bits per heavy atom. The van der Waals surface area contributed by atoms with E-state index in [0.29, 0.717) is 16.8 Å². The van der Waals surface area contributed by atoms with Crippen LogP contribution in [0.15, 0.2) is 59.9 Å². The Labute approximate surface area is 138 Å². The summed E-state index contributed by atoms with van der Waals surface area (Å²) in [5.41, 5.74) is 1.73. The predicted octanol–water partition coefficient (Wildman–Crippen LogP) is 2.82. The summed E-state index contributed by atoms with van der Waals surface area (Å²) in [5.74, 6) is -0.880. The minimum absolute atomic E-state index is 0.152. The maximum Gasteiger partial charge on any atom is 0.369 e. The molecule has 1 N–H and O–H groups in total. The number of nitrogens with one attached hydrogen (secondary N) is 1. The van der Waals surface area contributed by atoms with E-state index in [0.717, 1.165) is 6.26 Å². The molecule has 0 unspecified atom stereocenters. The minimum atomic E-state index is -3.36. The first-order valence-electron chi connectivity index (χ1n) is 6.78. The van der Waals surface area contributed by atoms with Gasteiger partial charge in [0.05, 0.1) is 11.8 Å². The van der Waals surface area contributed by atoms with Crippen molar-refractivity contribution in [1.29, 1.82) is 0 Å². The van der Waals surface area contributed by atoms with Crippen LogP contribution >= 0.6 is 0 Å². The van der Waals surface area contributed by atoms with Crippen molar-refractivity contribution in [2.45, 2.75) is 0 Å². The van der Waals surface area contributed by atoms with Gasteiger partial charge in [-0.05, 0) is 29.3 Å². The van der Waals surface area contributed by atoms with Crippen molar-refractivity contribution < 1.29 is 18.0 Å². The molecule has 0 fully saturated rings. The van der Waals surface area contributed by atoms with Gasteiger partial charge in [0, 0.05) is 5.69 Å². The van der Waals surface area contributed by atoms with Crippen LogP contribution < -0.4 is 4.72 Å². The predicted molar refractivity (Wildman–Crippen MR) is 91.1 cm³/mol. The molecule has 0 radical (unpaired) electrons. The molecule has 0 aliphatic rings. The Kier molecular flexibility index (Phi) is 5.43. The first-order valence-corrected chi connectivity index (χ1v) is 8.67. The molecule has 7 nitrogen and oxygen atoms in total. The van der Waals surface area contributed by atoms with Crippen molar-refractivity contribution in [2.75, 3.05) is 11.0 Å². The lowest BCUT2D eigenvalue weighted by atomic mass is 10.0. The van der Waals surface area contributed by atoms with Gasteiger partial charge in [0.25, 0.3) is 0 Å². The Hall–Kier alpha value is -3.00. The molecule has 0 bridgehead atoms. The number of benzene rings is 2. The summed E-state index contributed by atoms with van der Waals surface area (Å²) in [5, 5.41) is 2.16. The molecule has 24 heavy (non-hydrogen) atoms. The Morgan fingerprint density at radius 1 is 1.08 bits per heavy atom. The van der Waals surface area contributed by atoms with Gasteiger partial charge in [-0.1, -0.05) is 42.5 Å². The van der Waals surface area contributed by atoms with Crippen molar-refractivity contribution in [3.8, 4) is 0 Å². The topological polar surface area (TPSA) is 102 Å². The fourth-order valence-electron chi connectivity index (χ4n) is 1.99. The number of sulfonamides is 1. The minimum Gasteiger partial charge on any atom is -0.284 e. The summed E-state index contributed by atoms with van der Waals surface area (Å²) in [6.45, 7) is 0. The average Bonchev–Trinajstić information content (AvgIpc) is 2.53. The van der Waals surface area contributed by atoms with Gasteiger partial charge < -0.3 is 0 Å². The Bertz CT molecular complexity index is 859. The van der Waals surface area contributed by atoms with E-state index >= 15 is 0 Å². The molecule has 8 heteroatoms. The van der Waals surface area contributed by atoms with Crippen LogP contribution in [0.3, 0.4) is 0 Å². The summed E-state index contributed by atoms with van der Waals surface area (Å²) >= 11 is 0. The van der Waals surface area contributed by atoms with Gasteiger partial charge in [-0.15, -0.1) is 4.91 Å². The number of anilines is 1. The lowest BCUT2D eigenvalue weighted by molar-refractivity contribution is -0.136. The van der Waals surface area contributed by atoms with Crippen LogP contribution in [0.5, 0.6) is 0 Å². The first kappa shape index (κ1) is 17.4. The summed E-state index contributed by atoms with van der Waals surface area (Å²) in [4.78, 5) is 26.3. The highest BCUT2D eigenvalue weighted by atomic mass is 32.2. The van der Waals surface area contributed by atoms with Gasteiger partial charge in [-0.25, -0.2) is 13.2 Å². The average molecular weight is 346 g/mol. The second-order valence-electron chi connectivity index (χ2n) is 4.87. The molecule has 2 aromatic rings.